The van der Waals surface area contributed by atoms with Crippen LogP contribution in [0.1, 0.15) is 57.7 Å². The molecule has 1 spiro atoms. The molecule has 3 rings (SSSR count). The van der Waals surface area contributed by atoms with Crippen molar-refractivity contribution in [3.05, 3.63) is 11.7 Å². The van der Waals surface area contributed by atoms with Gasteiger partial charge in [-0.3, -0.25) is 4.79 Å². The number of hydrogen-bond acceptors (Lipinski definition) is 5. The van der Waals surface area contributed by atoms with Gasteiger partial charge in [-0.2, -0.15) is 4.98 Å². The van der Waals surface area contributed by atoms with Crippen LogP contribution in [0.15, 0.2) is 4.52 Å². The van der Waals surface area contributed by atoms with Crippen molar-refractivity contribution in [3.63, 3.8) is 0 Å². The van der Waals surface area contributed by atoms with Gasteiger partial charge in [-0.15, -0.1) is 0 Å². The molecule has 0 aromatic carbocycles. The number of likely N-dealkylation sites (tertiary alicyclic amines) is 1. The van der Waals surface area contributed by atoms with Gasteiger partial charge >= 0.3 is 0 Å². The Kier molecular flexibility index (Phi) is 4.21. The van der Waals surface area contributed by atoms with Crippen LogP contribution in [0, 0.1) is 17.8 Å². The molecule has 0 aliphatic carbocycles. The zero-order valence-electron chi connectivity index (χ0n) is 14.6. The predicted octanol–water partition coefficient (Wildman–Crippen LogP) is 2.54. The zero-order chi connectivity index (χ0) is 16.7. The van der Waals surface area contributed by atoms with Crippen LogP contribution in [0.25, 0.3) is 0 Å². The van der Waals surface area contributed by atoms with Gasteiger partial charge in [0.2, 0.25) is 11.8 Å². The first-order valence-electron chi connectivity index (χ1n) is 8.55. The highest BCUT2D eigenvalue weighted by molar-refractivity contribution is 5.82. The Morgan fingerprint density at radius 2 is 2.09 bits per heavy atom. The molecule has 6 heteroatoms. The van der Waals surface area contributed by atoms with E-state index in [0.717, 1.165) is 39.0 Å². The fourth-order valence-corrected chi connectivity index (χ4v) is 3.78. The minimum absolute atomic E-state index is 0.0106. The first kappa shape index (κ1) is 16.4. The third kappa shape index (κ3) is 2.89. The number of carbonyl (C=O) groups is 1. The highest BCUT2D eigenvalue weighted by atomic mass is 16.5. The molecular formula is C17H27N3O3. The van der Waals surface area contributed by atoms with Gasteiger partial charge in [-0.05, 0) is 26.2 Å². The van der Waals surface area contributed by atoms with Crippen LogP contribution in [0.2, 0.25) is 0 Å². The molecule has 23 heavy (non-hydrogen) atoms. The molecule has 0 unspecified atom stereocenters. The highest BCUT2D eigenvalue weighted by Gasteiger charge is 2.52. The molecule has 0 N–H and O–H groups in total. The summed E-state index contributed by atoms with van der Waals surface area (Å²) in [5, 5.41) is 3.95. The molecule has 1 atom stereocenters. The maximum absolute atomic E-state index is 12.9. The van der Waals surface area contributed by atoms with Crippen molar-refractivity contribution in [1.29, 1.82) is 0 Å². The molecule has 2 aliphatic rings. The molecule has 0 bridgehead atoms. The summed E-state index contributed by atoms with van der Waals surface area (Å²) >= 11 is 0. The molecule has 6 nitrogen and oxygen atoms in total. The van der Waals surface area contributed by atoms with Crippen LogP contribution in [-0.4, -0.2) is 47.3 Å². The van der Waals surface area contributed by atoms with E-state index in [0.29, 0.717) is 18.3 Å². The minimum atomic E-state index is -0.327. The maximum Gasteiger partial charge on any atom is 0.232 e. The molecule has 2 saturated heterocycles. The summed E-state index contributed by atoms with van der Waals surface area (Å²) in [6.07, 6.45) is 2.72. The van der Waals surface area contributed by atoms with Gasteiger partial charge in [0.05, 0.1) is 5.92 Å². The summed E-state index contributed by atoms with van der Waals surface area (Å²) in [5.74, 6) is 1.67. The summed E-state index contributed by atoms with van der Waals surface area (Å²) in [6, 6.07) is 0. The fourth-order valence-electron chi connectivity index (χ4n) is 3.78. The average molecular weight is 321 g/mol. The second-order valence-corrected chi connectivity index (χ2v) is 7.63. The molecule has 0 saturated carbocycles. The molecule has 1 amide bonds. The Balaban J connectivity index is 1.89. The van der Waals surface area contributed by atoms with Gasteiger partial charge in [-0.1, -0.05) is 25.9 Å². The van der Waals surface area contributed by atoms with E-state index in [9.17, 15) is 4.79 Å². The third-order valence-corrected chi connectivity index (χ3v) is 5.73. The average Bonchev–Trinajstić information content (AvgIpc) is 3.11. The number of hydrogen-bond donors (Lipinski definition) is 0. The topological polar surface area (TPSA) is 68.5 Å². The van der Waals surface area contributed by atoms with Crippen LogP contribution in [0.4, 0.5) is 0 Å². The third-order valence-electron chi connectivity index (χ3n) is 5.73. The first-order valence-corrected chi connectivity index (χ1v) is 8.55. The highest BCUT2D eigenvalue weighted by Crippen LogP contribution is 2.49. The summed E-state index contributed by atoms with van der Waals surface area (Å²) in [6.45, 7) is 10.9. The van der Waals surface area contributed by atoms with E-state index in [1.165, 1.54) is 0 Å². The van der Waals surface area contributed by atoms with Crippen molar-refractivity contribution >= 4 is 5.91 Å². The van der Waals surface area contributed by atoms with Crippen LogP contribution in [0.5, 0.6) is 0 Å². The lowest BCUT2D eigenvalue weighted by Gasteiger charge is -2.36. The first-order chi connectivity index (χ1) is 10.9. The second kappa shape index (κ2) is 5.89. The number of aryl methyl sites for hydroxylation is 1. The lowest BCUT2D eigenvalue weighted by Crippen LogP contribution is -2.41. The van der Waals surface area contributed by atoms with E-state index < -0.39 is 0 Å². The van der Waals surface area contributed by atoms with E-state index in [2.05, 4.69) is 17.1 Å². The van der Waals surface area contributed by atoms with Crippen molar-refractivity contribution in [3.8, 4) is 0 Å². The van der Waals surface area contributed by atoms with E-state index >= 15 is 0 Å². The number of amides is 1. The van der Waals surface area contributed by atoms with Gasteiger partial charge in [0.1, 0.15) is 0 Å². The molecular weight excluding hydrogens is 294 g/mol. The number of nitrogens with zero attached hydrogens (tertiary/aromatic N) is 3. The molecule has 1 aromatic rings. The van der Waals surface area contributed by atoms with Gasteiger partial charge < -0.3 is 14.2 Å². The van der Waals surface area contributed by atoms with E-state index in [1.54, 1.807) is 0 Å². The van der Waals surface area contributed by atoms with Crippen LogP contribution >= 0.6 is 0 Å². The number of aromatic nitrogens is 2. The van der Waals surface area contributed by atoms with Crippen molar-refractivity contribution < 1.29 is 14.1 Å². The lowest BCUT2D eigenvalue weighted by atomic mass is 9.72. The van der Waals surface area contributed by atoms with E-state index in [1.807, 2.05) is 25.7 Å². The molecule has 3 heterocycles. The van der Waals surface area contributed by atoms with Crippen LogP contribution < -0.4 is 0 Å². The standard InChI is InChI=1S/C17H27N3O3/c1-5-16(3,4)15(21)20-10-13(14-18-12(2)19-23-14)17(11-20)6-8-22-9-7-17/h13H,5-11H2,1-4H3/t13-/m1/s1. The second-order valence-electron chi connectivity index (χ2n) is 7.63. The largest absolute Gasteiger partial charge is 0.381 e. The smallest absolute Gasteiger partial charge is 0.232 e. The van der Waals surface area contributed by atoms with Crippen molar-refractivity contribution in [2.24, 2.45) is 10.8 Å². The molecule has 2 fully saturated rings. The van der Waals surface area contributed by atoms with Gasteiger partial charge in [0.25, 0.3) is 0 Å². The van der Waals surface area contributed by atoms with Crippen LogP contribution in [-0.2, 0) is 9.53 Å². The quantitative estimate of drug-likeness (QED) is 0.856. The molecule has 128 valence electrons. The van der Waals surface area contributed by atoms with Crippen molar-refractivity contribution in [2.75, 3.05) is 26.3 Å². The Bertz CT molecular complexity index is 575. The Morgan fingerprint density at radius 1 is 1.39 bits per heavy atom. The Hall–Kier alpha value is -1.43. The van der Waals surface area contributed by atoms with E-state index in [4.69, 9.17) is 9.26 Å². The van der Waals surface area contributed by atoms with Gasteiger partial charge in [0.15, 0.2) is 5.82 Å². The molecule has 1 aromatic heterocycles. The van der Waals surface area contributed by atoms with Crippen LogP contribution in [0.3, 0.4) is 0 Å². The summed E-state index contributed by atoms with van der Waals surface area (Å²) in [7, 11) is 0. The normalized spacial score (nSPS) is 24.3. The Labute approximate surface area is 137 Å². The summed E-state index contributed by atoms with van der Waals surface area (Å²) in [5.41, 5.74) is -0.317. The predicted molar refractivity (Wildman–Crippen MR) is 84.9 cm³/mol. The van der Waals surface area contributed by atoms with Gasteiger partial charge in [-0.25, -0.2) is 0 Å². The minimum Gasteiger partial charge on any atom is -0.381 e. The number of ether oxygens (including phenoxy) is 1. The summed E-state index contributed by atoms with van der Waals surface area (Å²) < 4.78 is 11.0. The summed E-state index contributed by atoms with van der Waals surface area (Å²) in [4.78, 5) is 19.4. The fraction of sp³-hybridized carbons (Fsp3) is 0.824. The number of carbonyl (C=O) groups excluding carboxylic acids is 1. The Morgan fingerprint density at radius 3 is 2.65 bits per heavy atom. The van der Waals surface area contributed by atoms with E-state index in [-0.39, 0.29) is 22.7 Å². The lowest BCUT2D eigenvalue weighted by molar-refractivity contribution is -0.140. The molecule has 2 aliphatic heterocycles. The number of rotatable bonds is 3. The maximum atomic E-state index is 12.9. The zero-order valence-corrected chi connectivity index (χ0v) is 14.6. The SMILES string of the molecule is CCC(C)(C)C(=O)N1C[C@H](c2nc(C)no2)C2(CCOCC2)C1. The van der Waals surface area contributed by atoms with Gasteiger partial charge in [0, 0.05) is 37.1 Å². The molecule has 0 radical (unpaired) electrons. The van der Waals surface area contributed by atoms with Crippen molar-refractivity contribution in [1.82, 2.24) is 15.0 Å². The monoisotopic (exact) mass is 321 g/mol. The van der Waals surface area contributed by atoms with Crippen molar-refractivity contribution in [2.45, 2.75) is 52.9 Å².